The monoisotopic (exact) mass is 363 g/mol. The Kier molecular flexibility index (Phi) is 6.28. The topological polar surface area (TPSA) is 30.5 Å². The highest BCUT2D eigenvalue weighted by Crippen LogP contribution is 2.27. The Morgan fingerprint density at radius 2 is 1.82 bits per heavy atom. The maximum Gasteiger partial charge on any atom is 0.133 e. The van der Waals surface area contributed by atoms with E-state index in [4.69, 9.17) is 9.47 Å². The highest BCUT2D eigenvalue weighted by atomic mass is 79.9. The van der Waals surface area contributed by atoms with Crippen LogP contribution in [-0.2, 0) is 13.1 Å². The van der Waals surface area contributed by atoms with Crippen LogP contribution in [0.3, 0.4) is 0 Å². The van der Waals surface area contributed by atoms with Crippen LogP contribution in [0.1, 0.15) is 25.0 Å². The number of ether oxygens (including phenoxy) is 2. The van der Waals surface area contributed by atoms with Gasteiger partial charge in [-0.3, -0.25) is 0 Å². The molecule has 118 valence electrons. The predicted molar refractivity (Wildman–Crippen MR) is 93.4 cm³/mol. The Morgan fingerprint density at radius 3 is 2.50 bits per heavy atom. The Hall–Kier alpha value is -1.52. The Bertz CT molecular complexity index is 614. The van der Waals surface area contributed by atoms with Gasteiger partial charge in [0, 0.05) is 18.7 Å². The molecule has 0 heterocycles. The van der Waals surface area contributed by atoms with Gasteiger partial charge in [0.2, 0.25) is 0 Å². The van der Waals surface area contributed by atoms with Crippen LogP contribution >= 0.6 is 15.9 Å². The number of methoxy groups -OCH3 is 1. The molecule has 3 nitrogen and oxygen atoms in total. The molecule has 22 heavy (non-hydrogen) atoms. The molecule has 2 rings (SSSR count). The molecule has 0 aliphatic carbocycles. The van der Waals surface area contributed by atoms with Crippen LogP contribution in [0.2, 0.25) is 0 Å². The third-order valence-electron chi connectivity index (χ3n) is 3.20. The highest BCUT2D eigenvalue weighted by Gasteiger charge is 2.05. The molecule has 0 radical (unpaired) electrons. The predicted octanol–water partition coefficient (Wildman–Crippen LogP) is 4.53. The Morgan fingerprint density at radius 1 is 1.05 bits per heavy atom. The van der Waals surface area contributed by atoms with E-state index in [1.54, 1.807) is 7.11 Å². The quantitative estimate of drug-likeness (QED) is 0.783. The molecule has 2 aromatic carbocycles. The maximum atomic E-state index is 5.72. The van der Waals surface area contributed by atoms with Gasteiger partial charge in [-0.15, -0.1) is 0 Å². The summed E-state index contributed by atoms with van der Waals surface area (Å²) in [6.07, 6.45) is 0.172. The van der Waals surface area contributed by atoms with Crippen LogP contribution in [0.25, 0.3) is 0 Å². The largest absolute Gasteiger partial charge is 0.496 e. The van der Waals surface area contributed by atoms with Crippen LogP contribution in [0.4, 0.5) is 0 Å². The number of benzene rings is 2. The van der Waals surface area contributed by atoms with E-state index < -0.39 is 0 Å². The number of rotatable bonds is 7. The molecule has 0 saturated heterocycles. The van der Waals surface area contributed by atoms with Crippen molar-refractivity contribution in [1.29, 1.82) is 0 Å². The molecular weight excluding hydrogens is 342 g/mol. The molecule has 0 atom stereocenters. The second-order valence-electron chi connectivity index (χ2n) is 5.35. The fourth-order valence-electron chi connectivity index (χ4n) is 2.19. The van der Waals surface area contributed by atoms with Crippen molar-refractivity contribution in [2.24, 2.45) is 0 Å². The van der Waals surface area contributed by atoms with Crippen molar-refractivity contribution in [3.05, 3.63) is 58.1 Å². The van der Waals surface area contributed by atoms with Crippen LogP contribution in [0, 0.1) is 0 Å². The van der Waals surface area contributed by atoms with Gasteiger partial charge in [0.15, 0.2) is 0 Å². The van der Waals surface area contributed by atoms with Gasteiger partial charge in [0.05, 0.1) is 17.7 Å². The van der Waals surface area contributed by atoms with Crippen molar-refractivity contribution in [3.8, 4) is 11.5 Å². The molecule has 4 heteroatoms. The minimum atomic E-state index is 0.172. The lowest BCUT2D eigenvalue weighted by atomic mass is 10.2. The van der Waals surface area contributed by atoms with E-state index >= 15 is 0 Å². The number of hydrogen-bond donors (Lipinski definition) is 1. The molecule has 1 N–H and O–H groups in total. The van der Waals surface area contributed by atoms with Crippen molar-refractivity contribution < 1.29 is 9.47 Å². The fourth-order valence-corrected chi connectivity index (χ4v) is 2.71. The van der Waals surface area contributed by atoms with Gasteiger partial charge in [-0.25, -0.2) is 0 Å². The second kappa shape index (κ2) is 8.20. The van der Waals surface area contributed by atoms with Crippen molar-refractivity contribution in [2.45, 2.75) is 33.0 Å². The first-order chi connectivity index (χ1) is 10.6. The highest BCUT2D eigenvalue weighted by molar-refractivity contribution is 9.10. The maximum absolute atomic E-state index is 5.72. The standard InChI is InChI=1S/C18H22BrNO2/c1-13(2)22-18-9-8-14(10-16(18)19)11-20-12-15-6-4-5-7-17(15)21-3/h4-10,13,20H,11-12H2,1-3H3. The Balaban J connectivity index is 1.93. The SMILES string of the molecule is COc1ccccc1CNCc1ccc(OC(C)C)c(Br)c1. The summed E-state index contributed by atoms with van der Waals surface area (Å²) in [5.41, 5.74) is 2.36. The molecule has 0 amide bonds. The van der Waals surface area contributed by atoms with Crippen LogP contribution in [-0.4, -0.2) is 13.2 Å². The van der Waals surface area contributed by atoms with E-state index in [0.29, 0.717) is 0 Å². The van der Waals surface area contributed by atoms with E-state index in [-0.39, 0.29) is 6.10 Å². The van der Waals surface area contributed by atoms with E-state index in [9.17, 15) is 0 Å². The number of halogens is 1. The van der Waals surface area contributed by atoms with Gasteiger partial charge in [-0.05, 0) is 53.5 Å². The molecule has 0 aromatic heterocycles. The third-order valence-corrected chi connectivity index (χ3v) is 3.82. The number of nitrogens with one attached hydrogen (secondary N) is 1. The third kappa shape index (κ3) is 4.75. The van der Waals surface area contributed by atoms with Crippen molar-refractivity contribution in [2.75, 3.05) is 7.11 Å². The normalized spacial score (nSPS) is 10.8. The Labute approximate surface area is 140 Å². The minimum absolute atomic E-state index is 0.172. The lowest BCUT2D eigenvalue weighted by Crippen LogP contribution is -2.13. The lowest BCUT2D eigenvalue weighted by molar-refractivity contribution is 0.241. The smallest absolute Gasteiger partial charge is 0.133 e. The zero-order valence-electron chi connectivity index (χ0n) is 13.2. The first-order valence-corrected chi connectivity index (χ1v) is 8.17. The van der Waals surface area contributed by atoms with E-state index in [1.807, 2.05) is 38.1 Å². The molecule has 2 aromatic rings. The summed E-state index contributed by atoms with van der Waals surface area (Å²) >= 11 is 3.56. The summed E-state index contributed by atoms with van der Waals surface area (Å²) < 4.78 is 12.1. The molecule has 0 fully saturated rings. The minimum Gasteiger partial charge on any atom is -0.496 e. The van der Waals surface area contributed by atoms with Crippen molar-refractivity contribution in [1.82, 2.24) is 5.32 Å². The van der Waals surface area contributed by atoms with Gasteiger partial charge in [-0.2, -0.15) is 0 Å². The zero-order valence-corrected chi connectivity index (χ0v) is 14.8. The van der Waals surface area contributed by atoms with Gasteiger partial charge < -0.3 is 14.8 Å². The number of para-hydroxylation sites is 1. The molecule has 0 aliphatic heterocycles. The lowest BCUT2D eigenvalue weighted by Gasteiger charge is -2.13. The first kappa shape index (κ1) is 16.8. The van der Waals surface area contributed by atoms with E-state index in [2.05, 4.69) is 39.4 Å². The second-order valence-corrected chi connectivity index (χ2v) is 6.20. The van der Waals surface area contributed by atoms with E-state index in [1.165, 1.54) is 5.56 Å². The van der Waals surface area contributed by atoms with Gasteiger partial charge in [0.1, 0.15) is 11.5 Å². The average molecular weight is 364 g/mol. The van der Waals surface area contributed by atoms with E-state index in [0.717, 1.165) is 34.6 Å². The first-order valence-electron chi connectivity index (χ1n) is 7.38. The summed E-state index contributed by atoms with van der Waals surface area (Å²) in [4.78, 5) is 0. The van der Waals surface area contributed by atoms with Crippen molar-refractivity contribution >= 4 is 15.9 Å². The molecule has 0 spiro atoms. The number of hydrogen-bond acceptors (Lipinski definition) is 3. The molecule has 0 saturated carbocycles. The van der Waals surface area contributed by atoms with Crippen molar-refractivity contribution in [3.63, 3.8) is 0 Å². The van der Waals surface area contributed by atoms with Gasteiger partial charge in [-0.1, -0.05) is 24.3 Å². The average Bonchev–Trinajstić information content (AvgIpc) is 2.50. The van der Waals surface area contributed by atoms with Crippen LogP contribution in [0.15, 0.2) is 46.9 Å². The molecule has 0 bridgehead atoms. The molecule has 0 aliphatic rings. The zero-order chi connectivity index (χ0) is 15.9. The molecule has 0 unspecified atom stereocenters. The summed E-state index contributed by atoms with van der Waals surface area (Å²) in [5, 5.41) is 3.44. The summed E-state index contributed by atoms with van der Waals surface area (Å²) in [5.74, 6) is 1.79. The fraction of sp³-hybridized carbons (Fsp3) is 0.333. The summed E-state index contributed by atoms with van der Waals surface area (Å²) in [6, 6.07) is 14.2. The summed E-state index contributed by atoms with van der Waals surface area (Å²) in [7, 11) is 1.70. The molecular formula is C18H22BrNO2. The summed E-state index contributed by atoms with van der Waals surface area (Å²) in [6.45, 7) is 5.61. The van der Waals surface area contributed by atoms with Gasteiger partial charge in [0.25, 0.3) is 0 Å². The van der Waals surface area contributed by atoms with Crippen LogP contribution < -0.4 is 14.8 Å². The van der Waals surface area contributed by atoms with Crippen LogP contribution in [0.5, 0.6) is 11.5 Å². The van der Waals surface area contributed by atoms with Gasteiger partial charge >= 0.3 is 0 Å².